The number of carbonyl (C=O) groups excluding carboxylic acids is 1. The summed E-state index contributed by atoms with van der Waals surface area (Å²) in [6.07, 6.45) is 0.954. The van der Waals surface area contributed by atoms with Gasteiger partial charge < -0.3 is 0 Å². The number of hydrogen-bond acceptors (Lipinski definition) is 3. The van der Waals surface area contributed by atoms with Crippen LogP contribution >= 0.6 is 0 Å². The maximum absolute atomic E-state index is 11.9. The van der Waals surface area contributed by atoms with E-state index in [0.29, 0.717) is 12.3 Å². The van der Waals surface area contributed by atoms with Crippen molar-refractivity contribution < 1.29 is 4.79 Å². The van der Waals surface area contributed by atoms with E-state index in [1.165, 1.54) is 0 Å². The molecule has 1 saturated heterocycles. The molecule has 0 spiro atoms. The molecule has 0 aliphatic carbocycles. The minimum atomic E-state index is 0.188. The molecule has 1 aliphatic rings. The van der Waals surface area contributed by atoms with E-state index in [4.69, 9.17) is 0 Å². The molecular weight excluding hydrogens is 200 g/mol. The van der Waals surface area contributed by atoms with Gasteiger partial charge in [-0.15, -0.1) is 0 Å². The third-order valence-corrected chi connectivity index (χ3v) is 3.94. The molecule has 1 unspecified atom stereocenters. The second-order valence-electron chi connectivity index (χ2n) is 5.72. The first-order chi connectivity index (χ1) is 7.36. The number of likely N-dealkylation sites (N-methyl/N-ethyl adjacent to an activating group) is 1. The number of ketones is 1. The zero-order chi connectivity index (χ0) is 12.3. The lowest BCUT2D eigenvalue weighted by Crippen LogP contribution is -2.58. The lowest BCUT2D eigenvalue weighted by atomic mass is 9.98. The summed E-state index contributed by atoms with van der Waals surface area (Å²) in [5.74, 6) is 0.602. The van der Waals surface area contributed by atoms with Crippen LogP contribution < -0.4 is 0 Å². The van der Waals surface area contributed by atoms with E-state index >= 15 is 0 Å². The van der Waals surface area contributed by atoms with Crippen LogP contribution in [0.5, 0.6) is 0 Å². The Morgan fingerprint density at radius 2 is 2.00 bits per heavy atom. The quantitative estimate of drug-likeness (QED) is 0.728. The molecule has 1 atom stereocenters. The summed E-state index contributed by atoms with van der Waals surface area (Å²) < 4.78 is 0. The molecule has 0 amide bonds. The number of piperazine rings is 1. The molecule has 0 bridgehead atoms. The van der Waals surface area contributed by atoms with Gasteiger partial charge in [0.05, 0.1) is 6.54 Å². The summed E-state index contributed by atoms with van der Waals surface area (Å²) in [5, 5.41) is 0. The minimum Gasteiger partial charge on any atom is -0.299 e. The summed E-state index contributed by atoms with van der Waals surface area (Å²) in [6.45, 7) is 12.3. The average Bonchev–Trinajstić information content (AvgIpc) is 2.21. The highest BCUT2D eigenvalue weighted by Gasteiger charge is 2.31. The van der Waals surface area contributed by atoms with Crippen LogP contribution in [0.4, 0.5) is 0 Å². The van der Waals surface area contributed by atoms with E-state index in [-0.39, 0.29) is 11.5 Å². The molecule has 16 heavy (non-hydrogen) atoms. The van der Waals surface area contributed by atoms with E-state index in [1.807, 2.05) is 6.92 Å². The van der Waals surface area contributed by atoms with Gasteiger partial charge in [0.2, 0.25) is 0 Å². The highest BCUT2D eigenvalue weighted by Crippen LogP contribution is 2.19. The second-order valence-corrected chi connectivity index (χ2v) is 5.72. The summed E-state index contributed by atoms with van der Waals surface area (Å²) in [6, 6.07) is 0. The fraction of sp³-hybridized carbons (Fsp3) is 0.923. The highest BCUT2D eigenvalue weighted by molar-refractivity contribution is 5.82. The first kappa shape index (κ1) is 13.7. The van der Waals surface area contributed by atoms with Crippen molar-refractivity contribution in [3.8, 4) is 0 Å². The third-order valence-electron chi connectivity index (χ3n) is 3.94. The normalized spacial score (nSPS) is 24.3. The smallest absolute Gasteiger partial charge is 0.149 e. The first-order valence-corrected chi connectivity index (χ1v) is 6.33. The number of nitrogens with zero attached hydrogens (tertiary/aromatic N) is 2. The van der Waals surface area contributed by atoms with Crippen LogP contribution in [0, 0.1) is 5.92 Å². The van der Waals surface area contributed by atoms with Crippen LogP contribution in [0.2, 0.25) is 0 Å². The van der Waals surface area contributed by atoms with Gasteiger partial charge in [-0.3, -0.25) is 14.6 Å². The van der Waals surface area contributed by atoms with Crippen molar-refractivity contribution >= 4 is 5.78 Å². The van der Waals surface area contributed by atoms with Crippen LogP contribution in [0.15, 0.2) is 0 Å². The van der Waals surface area contributed by atoms with E-state index in [2.05, 4.69) is 37.6 Å². The molecular formula is C13H26N2O. The molecule has 0 aromatic carbocycles. The lowest BCUT2D eigenvalue weighted by Gasteiger charge is -2.45. The highest BCUT2D eigenvalue weighted by atomic mass is 16.1. The van der Waals surface area contributed by atoms with Gasteiger partial charge in [-0.1, -0.05) is 13.8 Å². The fourth-order valence-electron chi connectivity index (χ4n) is 2.08. The van der Waals surface area contributed by atoms with Crippen LogP contribution in [0.3, 0.4) is 0 Å². The lowest BCUT2D eigenvalue weighted by molar-refractivity contribution is -0.124. The molecule has 1 aliphatic heterocycles. The topological polar surface area (TPSA) is 23.6 Å². The molecule has 0 N–H and O–H groups in total. The summed E-state index contributed by atoms with van der Waals surface area (Å²) in [4.78, 5) is 16.6. The third kappa shape index (κ3) is 3.29. The van der Waals surface area contributed by atoms with Crippen LogP contribution in [-0.2, 0) is 4.79 Å². The van der Waals surface area contributed by atoms with E-state index in [0.717, 1.165) is 26.1 Å². The van der Waals surface area contributed by atoms with Gasteiger partial charge in [-0.05, 0) is 27.3 Å². The van der Waals surface area contributed by atoms with Gasteiger partial charge >= 0.3 is 0 Å². The van der Waals surface area contributed by atoms with Gasteiger partial charge in [-0.25, -0.2) is 0 Å². The van der Waals surface area contributed by atoms with Gasteiger partial charge in [0.25, 0.3) is 0 Å². The van der Waals surface area contributed by atoms with Crippen molar-refractivity contribution in [2.24, 2.45) is 5.92 Å². The largest absolute Gasteiger partial charge is 0.299 e. The van der Waals surface area contributed by atoms with Crippen molar-refractivity contribution in [3.05, 3.63) is 0 Å². The Morgan fingerprint density at radius 1 is 1.38 bits per heavy atom. The van der Waals surface area contributed by atoms with Crippen molar-refractivity contribution in [2.75, 3.05) is 33.2 Å². The second kappa shape index (κ2) is 5.28. The molecule has 3 nitrogen and oxygen atoms in total. The van der Waals surface area contributed by atoms with E-state index < -0.39 is 0 Å². The number of rotatable bonds is 4. The molecule has 0 aromatic rings. The predicted octanol–water partition coefficient (Wildman–Crippen LogP) is 1.63. The standard InChI is InChI=1S/C13H26N2O/c1-6-11(2)12(16)9-15-8-7-14(5)13(3,4)10-15/h11H,6-10H2,1-5H3. The Kier molecular flexibility index (Phi) is 4.51. The minimum absolute atomic E-state index is 0.188. The number of hydrogen-bond donors (Lipinski definition) is 0. The zero-order valence-corrected chi connectivity index (χ0v) is 11.4. The van der Waals surface area contributed by atoms with Crippen molar-refractivity contribution in [3.63, 3.8) is 0 Å². The van der Waals surface area contributed by atoms with Crippen LogP contribution in [0.1, 0.15) is 34.1 Å². The molecule has 94 valence electrons. The Hall–Kier alpha value is -0.410. The monoisotopic (exact) mass is 226 g/mol. The molecule has 0 aromatic heterocycles. The SMILES string of the molecule is CCC(C)C(=O)CN1CCN(C)C(C)(C)C1. The number of Topliss-reactive ketones (excluding diaryl/α,β-unsaturated/α-hetero) is 1. The zero-order valence-electron chi connectivity index (χ0n) is 11.4. The summed E-state index contributed by atoms with van der Waals surface area (Å²) >= 11 is 0. The van der Waals surface area contributed by atoms with Crippen molar-refractivity contribution in [1.82, 2.24) is 9.80 Å². The van der Waals surface area contributed by atoms with Crippen LogP contribution in [-0.4, -0.2) is 54.3 Å². The maximum Gasteiger partial charge on any atom is 0.149 e. The van der Waals surface area contributed by atoms with Crippen molar-refractivity contribution in [2.45, 2.75) is 39.7 Å². The molecule has 0 saturated carbocycles. The Bertz CT molecular complexity index is 250. The molecule has 3 heteroatoms. The summed E-state index contributed by atoms with van der Waals surface area (Å²) in [7, 11) is 2.16. The maximum atomic E-state index is 11.9. The summed E-state index contributed by atoms with van der Waals surface area (Å²) in [5.41, 5.74) is 0.188. The predicted molar refractivity (Wildman–Crippen MR) is 67.6 cm³/mol. The van der Waals surface area contributed by atoms with E-state index in [1.54, 1.807) is 0 Å². The molecule has 1 fully saturated rings. The molecule has 1 heterocycles. The first-order valence-electron chi connectivity index (χ1n) is 6.33. The number of carbonyl (C=O) groups is 1. The van der Waals surface area contributed by atoms with E-state index in [9.17, 15) is 4.79 Å². The van der Waals surface area contributed by atoms with Gasteiger partial charge in [0.15, 0.2) is 0 Å². The van der Waals surface area contributed by atoms with Gasteiger partial charge in [0.1, 0.15) is 5.78 Å². The Morgan fingerprint density at radius 3 is 2.50 bits per heavy atom. The van der Waals surface area contributed by atoms with Crippen molar-refractivity contribution in [1.29, 1.82) is 0 Å². The fourth-order valence-corrected chi connectivity index (χ4v) is 2.08. The molecule has 1 rings (SSSR count). The molecule has 0 radical (unpaired) electrons. The Labute approximate surface area is 99.8 Å². The van der Waals surface area contributed by atoms with Crippen LogP contribution in [0.25, 0.3) is 0 Å². The van der Waals surface area contributed by atoms with Gasteiger partial charge in [-0.2, -0.15) is 0 Å². The Balaban J connectivity index is 2.48. The average molecular weight is 226 g/mol. The van der Waals surface area contributed by atoms with Gasteiger partial charge in [0, 0.05) is 31.1 Å².